The number of nitrogens with zero attached hydrogens (tertiary/aromatic N) is 5. The molecule has 0 bridgehead atoms. The van der Waals surface area contributed by atoms with Crippen LogP contribution < -0.4 is 11.0 Å². The summed E-state index contributed by atoms with van der Waals surface area (Å²) in [7, 11) is 3.18. The minimum absolute atomic E-state index is 0.0188. The Labute approximate surface area is 157 Å². The predicted octanol–water partition coefficient (Wildman–Crippen LogP) is 1.89. The highest BCUT2D eigenvalue weighted by atomic mass is 16.5. The second-order valence-electron chi connectivity index (χ2n) is 7.43. The second kappa shape index (κ2) is 7.21. The van der Waals surface area contributed by atoms with Gasteiger partial charge in [-0.3, -0.25) is 9.13 Å². The van der Waals surface area contributed by atoms with E-state index in [0.717, 1.165) is 44.0 Å². The molecule has 3 heterocycles. The van der Waals surface area contributed by atoms with Crippen LogP contribution in [-0.4, -0.2) is 56.3 Å². The van der Waals surface area contributed by atoms with Crippen LogP contribution in [0.4, 0.5) is 10.7 Å². The SMILES string of the molecule is COC(=O)N1CCC(Nc2ncc3c(n2)n(C2CCCC2)c(=O)n3C)CC1. The van der Waals surface area contributed by atoms with Gasteiger partial charge in [-0.15, -0.1) is 0 Å². The summed E-state index contributed by atoms with van der Waals surface area (Å²) in [4.78, 5) is 35.1. The van der Waals surface area contributed by atoms with Gasteiger partial charge in [0.15, 0.2) is 5.65 Å². The molecule has 27 heavy (non-hydrogen) atoms. The minimum atomic E-state index is -0.281. The largest absolute Gasteiger partial charge is 0.453 e. The summed E-state index contributed by atoms with van der Waals surface area (Å²) < 4.78 is 8.25. The summed E-state index contributed by atoms with van der Waals surface area (Å²) >= 11 is 0. The third-order valence-electron chi connectivity index (χ3n) is 5.78. The zero-order chi connectivity index (χ0) is 19.0. The molecule has 146 valence electrons. The van der Waals surface area contributed by atoms with Crippen molar-refractivity contribution in [1.82, 2.24) is 24.0 Å². The van der Waals surface area contributed by atoms with Gasteiger partial charge >= 0.3 is 11.8 Å². The van der Waals surface area contributed by atoms with Gasteiger partial charge in [0.05, 0.1) is 13.3 Å². The van der Waals surface area contributed by atoms with Gasteiger partial charge in [-0.2, -0.15) is 4.98 Å². The van der Waals surface area contributed by atoms with E-state index in [-0.39, 0.29) is 23.9 Å². The van der Waals surface area contributed by atoms with Gasteiger partial charge in [0.2, 0.25) is 5.95 Å². The van der Waals surface area contributed by atoms with Crippen LogP contribution in [0.5, 0.6) is 0 Å². The van der Waals surface area contributed by atoms with Crippen molar-refractivity contribution in [3.05, 3.63) is 16.7 Å². The smallest absolute Gasteiger partial charge is 0.409 e. The fourth-order valence-electron chi connectivity index (χ4n) is 4.21. The Bertz CT molecular complexity index is 890. The van der Waals surface area contributed by atoms with E-state index in [1.54, 1.807) is 22.7 Å². The highest BCUT2D eigenvalue weighted by Gasteiger charge is 2.26. The fraction of sp³-hybridized carbons (Fsp3) is 0.667. The number of likely N-dealkylation sites (tertiary alicyclic amines) is 1. The molecule has 2 aliphatic rings. The first-order valence-corrected chi connectivity index (χ1v) is 9.62. The number of carbonyl (C=O) groups excluding carboxylic acids is 1. The van der Waals surface area contributed by atoms with E-state index in [0.29, 0.717) is 24.7 Å². The molecule has 4 rings (SSSR count). The van der Waals surface area contributed by atoms with Gasteiger partial charge in [-0.05, 0) is 25.7 Å². The van der Waals surface area contributed by atoms with Crippen molar-refractivity contribution < 1.29 is 9.53 Å². The van der Waals surface area contributed by atoms with Gasteiger partial charge in [0.25, 0.3) is 0 Å². The number of methoxy groups -OCH3 is 1. The van der Waals surface area contributed by atoms with Crippen molar-refractivity contribution in [2.24, 2.45) is 7.05 Å². The number of aryl methyl sites for hydroxylation is 1. The van der Waals surface area contributed by atoms with Crippen LogP contribution in [-0.2, 0) is 11.8 Å². The number of nitrogens with one attached hydrogen (secondary N) is 1. The molecule has 1 N–H and O–H groups in total. The normalized spacial score (nSPS) is 19.0. The van der Waals surface area contributed by atoms with Crippen molar-refractivity contribution in [3.63, 3.8) is 0 Å². The first kappa shape index (κ1) is 17.8. The summed E-state index contributed by atoms with van der Waals surface area (Å²) in [6.45, 7) is 1.29. The highest BCUT2D eigenvalue weighted by molar-refractivity contribution is 5.72. The van der Waals surface area contributed by atoms with E-state index in [2.05, 4.69) is 15.3 Å². The summed E-state index contributed by atoms with van der Waals surface area (Å²) in [6.07, 6.45) is 7.42. The molecule has 1 amide bonds. The summed E-state index contributed by atoms with van der Waals surface area (Å²) in [5.74, 6) is 0.538. The van der Waals surface area contributed by atoms with E-state index in [1.807, 2.05) is 4.57 Å². The second-order valence-corrected chi connectivity index (χ2v) is 7.43. The molecule has 0 unspecified atom stereocenters. The molecule has 2 fully saturated rings. The number of fused-ring (bicyclic) bond motifs is 1. The van der Waals surface area contributed by atoms with Gasteiger partial charge in [0, 0.05) is 32.2 Å². The van der Waals surface area contributed by atoms with Crippen molar-refractivity contribution in [1.29, 1.82) is 0 Å². The summed E-state index contributed by atoms with van der Waals surface area (Å²) in [5, 5.41) is 3.37. The van der Waals surface area contributed by atoms with E-state index in [9.17, 15) is 9.59 Å². The molecular weight excluding hydrogens is 348 g/mol. The molecule has 1 aliphatic carbocycles. The quantitative estimate of drug-likeness (QED) is 0.882. The molecule has 9 heteroatoms. The molecule has 1 saturated heterocycles. The van der Waals surface area contributed by atoms with Gasteiger partial charge in [-0.25, -0.2) is 14.6 Å². The van der Waals surface area contributed by atoms with Gasteiger partial charge in [-0.1, -0.05) is 12.8 Å². The number of hydrogen-bond donors (Lipinski definition) is 1. The average molecular weight is 374 g/mol. The number of amides is 1. The van der Waals surface area contributed by atoms with Crippen LogP contribution >= 0.6 is 0 Å². The third-order valence-corrected chi connectivity index (χ3v) is 5.78. The lowest BCUT2D eigenvalue weighted by atomic mass is 10.1. The molecular formula is C18H26N6O3. The third kappa shape index (κ3) is 3.26. The van der Waals surface area contributed by atoms with E-state index in [1.165, 1.54) is 7.11 Å². The van der Waals surface area contributed by atoms with Crippen LogP contribution in [0.25, 0.3) is 11.2 Å². The molecule has 0 aromatic carbocycles. The minimum Gasteiger partial charge on any atom is -0.453 e. The van der Waals surface area contributed by atoms with Crippen molar-refractivity contribution in [2.75, 3.05) is 25.5 Å². The zero-order valence-electron chi connectivity index (χ0n) is 15.8. The van der Waals surface area contributed by atoms with E-state index in [4.69, 9.17) is 4.74 Å². The number of rotatable bonds is 3. The van der Waals surface area contributed by atoms with Crippen LogP contribution in [0.3, 0.4) is 0 Å². The lowest BCUT2D eigenvalue weighted by molar-refractivity contribution is 0.113. The predicted molar refractivity (Wildman–Crippen MR) is 101 cm³/mol. The number of piperidine rings is 1. The van der Waals surface area contributed by atoms with Crippen LogP contribution in [0.2, 0.25) is 0 Å². The maximum atomic E-state index is 12.7. The molecule has 0 radical (unpaired) electrons. The maximum Gasteiger partial charge on any atom is 0.409 e. The molecule has 1 saturated carbocycles. The van der Waals surface area contributed by atoms with Crippen LogP contribution in [0.15, 0.2) is 11.0 Å². The first-order valence-electron chi connectivity index (χ1n) is 9.62. The molecule has 0 spiro atoms. The topological polar surface area (TPSA) is 94.3 Å². The Morgan fingerprint density at radius 2 is 1.93 bits per heavy atom. The zero-order valence-corrected chi connectivity index (χ0v) is 15.8. The monoisotopic (exact) mass is 374 g/mol. The number of anilines is 1. The van der Waals surface area contributed by atoms with E-state index >= 15 is 0 Å². The number of imidazole rings is 1. The summed E-state index contributed by atoms with van der Waals surface area (Å²) in [5.41, 5.74) is 1.45. The van der Waals surface area contributed by atoms with E-state index < -0.39 is 0 Å². The Hall–Kier alpha value is -2.58. The molecule has 0 atom stereocenters. The summed E-state index contributed by atoms with van der Waals surface area (Å²) in [6, 6.07) is 0.422. The number of aromatic nitrogens is 4. The number of hydrogen-bond acceptors (Lipinski definition) is 6. The molecule has 9 nitrogen and oxygen atoms in total. The van der Waals surface area contributed by atoms with Crippen LogP contribution in [0, 0.1) is 0 Å². The molecule has 2 aromatic rings. The Kier molecular flexibility index (Phi) is 4.75. The van der Waals surface area contributed by atoms with Crippen molar-refractivity contribution in [3.8, 4) is 0 Å². The van der Waals surface area contributed by atoms with Crippen molar-refractivity contribution in [2.45, 2.75) is 50.6 Å². The average Bonchev–Trinajstić information content (AvgIpc) is 3.29. The lowest BCUT2D eigenvalue weighted by Gasteiger charge is -2.31. The highest BCUT2D eigenvalue weighted by Crippen LogP contribution is 2.30. The Balaban J connectivity index is 1.54. The molecule has 1 aliphatic heterocycles. The maximum absolute atomic E-state index is 12.7. The van der Waals surface area contributed by atoms with Crippen molar-refractivity contribution >= 4 is 23.2 Å². The number of ether oxygens (including phenoxy) is 1. The van der Waals surface area contributed by atoms with Gasteiger partial charge < -0.3 is 15.0 Å². The lowest BCUT2D eigenvalue weighted by Crippen LogP contribution is -2.42. The Morgan fingerprint density at radius 1 is 1.22 bits per heavy atom. The van der Waals surface area contributed by atoms with Crippen LogP contribution in [0.1, 0.15) is 44.6 Å². The Morgan fingerprint density at radius 3 is 2.59 bits per heavy atom. The fourth-order valence-corrected chi connectivity index (χ4v) is 4.21. The number of carbonyl (C=O) groups is 1. The standard InChI is InChI=1S/C18H26N6O3/c1-22-14-11-19-16(20-12-7-9-23(10-8-12)18(26)27-2)21-15(14)24(17(22)25)13-5-3-4-6-13/h11-13H,3-10H2,1-2H3,(H,19,20,21). The van der Waals surface area contributed by atoms with Gasteiger partial charge in [0.1, 0.15) is 5.52 Å². The molecule has 2 aromatic heterocycles. The first-order chi connectivity index (χ1) is 13.1.